The second kappa shape index (κ2) is 4.09. The zero-order chi connectivity index (χ0) is 9.97. The third-order valence-electron chi connectivity index (χ3n) is 3.03. The van der Waals surface area contributed by atoms with Gasteiger partial charge in [-0.15, -0.1) is 0 Å². The molecule has 1 fully saturated rings. The molecule has 1 nitrogen and oxygen atoms in total. The Kier molecular flexibility index (Phi) is 2.82. The molecule has 0 unspecified atom stereocenters. The molecule has 1 N–H and O–H groups in total. The Morgan fingerprint density at radius 3 is 2.36 bits per heavy atom. The Hall–Kier alpha value is -0.890. The van der Waals surface area contributed by atoms with Gasteiger partial charge in [0.05, 0.1) is 6.10 Å². The van der Waals surface area contributed by atoms with Crippen LogP contribution in [0.2, 0.25) is 0 Å². The first-order valence-electron chi connectivity index (χ1n) is 5.21. The summed E-state index contributed by atoms with van der Waals surface area (Å²) in [7, 11) is 0. The van der Waals surface area contributed by atoms with Crippen LogP contribution < -0.4 is 0 Å². The zero-order valence-electron chi connectivity index (χ0n) is 8.12. The van der Waals surface area contributed by atoms with Crippen molar-refractivity contribution in [2.24, 2.45) is 0 Å². The Morgan fingerprint density at radius 1 is 1.07 bits per heavy atom. The largest absolute Gasteiger partial charge is 0.392 e. The standard InChI is InChI=1S/C12H15FO/c13-10-7-5-9(6-8-10)11-3-1-2-4-12(11)14/h5-8,11-12,14H,1-4H2/t11-,12+/m1/s1. The minimum Gasteiger partial charge on any atom is -0.392 e. The summed E-state index contributed by atoms with van der Waals surface area (Å²) in [5.41, 5.74) is 1.07. The predicted octanol–water partition coefficient (Wildman–Crippen LogP) is 2.84. The summed E-state index contributed by atoms with van der Waals surface area (Å²) >= 11 is 0. The first-order valence-corrected chi connectivity index (χ1v) is 5.21. The zero-order valence-corrected chi connectivity index (χ0v) is 8.12. The van der Waals surface area contributed by atoms with Crippen LogP contribution in [0.25, 0.3) is 0 Å². The van der Waals surface area contributed by atoms with E-state index in [4.69, 9.17) is 0 Å². The molecular formula is C12H15FO. The Bertz CT molecular complexity index is 294. The van der Waals surface area contributed by atoms with E-state index in [1.807, 2.05) is 0 Å². The maximum absolute atomic E-state index is 12.7. The van der Waals surface area contributed by atoms with Crippen molar-refractivity contribution in [3.05, 3.63) is 35.6 Å². The van der Waals surface area contributed by atoms with Crippen molar-refractivity contribution in [1.82, 2.24) is 0 Å². The van der Waals surface area contributed by atoms with Crippen molar-refractivity contribution in [1.29, 1.82) is 0 Å². The molecule has 1 aromatic carbocycles. The molecule has 2 atom stereocenters. The topological polar surface area (TPSA) is 20.2 Å². The highest BCUT2D eigenvalue weighted by Crippen LogP contribution is 2.32. The molecule has 1 aliphatic rings. The lowest BCUT2D eigenvalue weighted by molar-refractivity contribution is 0.106. The van der Waals surface area contributed by atoms with Crippen molar-refractivity contribution in [3.63, 3.8) is 0 Å². The molecule has 76 valence electrons. The van der Waals surface area contributed by atoms with Crippen molar-refractivity contribution in [2.75, 3.05) is 0 Å². The van der Waals surface area contributed by atoms with Gasteiger partial charge in [-0.1, -0.05) is 25.0 Å². The maximum atomic E-state index is 12.7. The summed E-state index contributed by atoms with van der Waals surface area (Å²) in [6, 6.07) is 6.51. The van der Waals surface area contributed by atoms with Crippen molar-refractivity contribution >= 4 is 0 Å². The Morgan fingerprint density at radius 2 is 1.71 bits per heavy atom. The van der Waals surface area contributed by atoms with Crippen LogP contribution >= 0.6 is 0 Å². The molecule has 0 heterocycles. The van der Waals surface area contributed by atoms with Crippen LogP contribution in [-0.2, 0) is 0 Å². The molecule has 1 saturated carbocycles. The van der Waals surface area contributed by atoms with E-state index in [1.54, 1.807) is 12.1 Å². The number of aliphatic hydroxyl groups excluding tert-OH is 1. The van der Waals surface area contributed by atoms with Gasteiger partial charge in [0.1, 0.15) is 5.82 Å². The smallest absolute Gasteiger partial charge is 0.123 e. The van der Waals surface area contributed by atoms with E-state index in [0.717, 1.165) is 24.8 Å². The minimum absolute atomic E-state index is 0.209. The fraction of sp³-hybridized carbons (Fsp3) is 0.500. The number of benzene rings is 1. The van der Waals surface area contributed by atoms with Crippen LogP contribution in [0.15, 0.2) is 24.3 Å². The van der Waals surface area contributed by atoms with Crippen LogP contribution in [0.3, 0.4) is 0 Å². The Labute approximate surface area is 83.6 Å². The van der Waals surface area contributed by atoms with Gasteiger partial charge in [-0.2, -0.15) is 0 Å². The number of halogens is 1. The molecule has 0 spiro atoms. The summed E-state index contributed by atoms with van der Waals surface area (Å²) < 4.78 is 12.7. The van der Waals surface area contributed by atoms with Gasteiger partial charge in [0, 0.05) is 5.92 Å². The summed E-state index contributed by atoms with van der Waals surface area (Å²) in [5.74, 6) is 0.00315. The SMILES string of the molecule is O[C@H]1CCCC[C@@H]1c1ccc(F)cc1. The van der Waals surface area contributed by atoms with Gasteiger partial charge < -0.3 is 5.11 Å². The second-order valence-corrected chi connectivity index (χ2v) is 4.01. The molecule has 0 aromatic heterocycles. The van der Waals surface area contributed by atoms with E-state index in [9.17, 15) is 9.50 Å². The molecule has 2 rings (SSSR count). The van der Waals surface area contributed by atoms with E-state index in [1.165, 1.54) is 18.6 Å². The normalized spacial score (nSPS) is 27.6. The second-order valence-electron chi connectivity index (χ2n) is 4.01. The molecule has 0 radical (unpaired) electrons. The van der Waals surface area contributed by atoms with Crippen LogP contribution in [0.5, 0.6) is 0 Å². The third-order valence-corrected chi connectivity index (χ3v) is 3.03. The molecule has 2 heteroatoms. The van der Waals surface area contributed by atoms with Gasteiger partial charge in [0.25, 0.3) is 0 Å². The molecule has 0 saturated heterocycles. The molecule has 1 aromatic rings. The quantitative estimate of drug-likeness (QED) is 0.728. The molecule has 0 bridgehead atoms. The van der Waals surface area contributed by atoms with E-state index in [-0.39, 0.29) is 17.8 Å². The lowest BCUT2D eigenvalue weighted by Crippen LogP contribution is -2.22. The van der Waals surface area contributed by atoms with E-state index in [0.29, 0.717) is 0 Å². The molecule has 0 amide bonds. The number of rotatable bonds is 1. The van der Waals surface area contributed by atoms with Crippen molar-refractivity contribution in [2.45, 2.75) is 37.7 Å². The third kappa shape index (κ3) is 1.95. The minimum atomic E-state index is -0.241. The van der Waals surface area contributed by atoms with Gasteiger partial charge in [-0.05, 0) is 30.5 Å². The summed E-state index contributed by atoms with van der Waals surface area (Å²) in [6.07, 6.45) is 3.93. The highest BCUT2D eigenvalue weighted by Gasteiger charge is 2.24. The summed E-state index contributed by atoms with van der Waals surface area (Å²) in [5, 5.41) is 9.80. The van der Waals surface area contributed by atoms with Crippen LogP contribution in [0, 0.1) is 5.82 Å². The predicted molar refractivity (Wildman–Crippen MR) is 53.6 cm³/mol. The van der Waals surface area contributed by atoms with Crippen molar-refractivity contribution < 1.29 is 9.50 Å². The van der Waals surface area contributed by atoms with Crippen LogP contribution in [0.4, 0.5) is 4.39 Å². The van der Waals surface area contributed by atoms with Crippen LogP contribution in [-0.4, -0.2) is 11.2 Å². The van der Waals surface area contributed by atoms with E-state index >= 15 is 0 Å². The van der Waals surface area contributed by atoms with E-state index < -0.39 is 0 Å². The Balaban J connectivity index is 2.16. The molecular weight excluding hydrogens is 179 g/mol. The first-order chi connectivity index (χ1) is 6.77. The lowest BCUT2D eigenvalue weighted by atomic mass is 9.82. The van der Waals surface area contributed by atoms with Gasteiger partial charge in [-0.25, -0.2) is 4.39 Å². The molecule has 0 aliphatic heterocycles. The molecule has 14 heavy (non-hydrogen) atoms. The number of hydrogen-bond donors (Lipinski definition) is 1. The van der Waals surface area contributed by atoms with E-state index in [2.05, 4.69) is 0 Å². The molecule has 1 aliphatic carbocycles. The van der Waals surface area contributed by atoms with Crippen molar-refractivity contribution in [3.8, 4) is 0 Å². The highest BCUT2D eigenvalue weighted by molar-refractivity contribution is 5.22. The monoisotopic (exact) mass is 194 g/mol. The summed E-state index contributed by atoms with van der Waals surface area (Å²) in [4.78, 5) is 0. The van der Waals surface area contributed by atoms with Gasteiger partial charge in [0.15, 0.2) is 0 Å². The highest BCUT2D eigenvalue weighted by atomic mass is 19.1. The van der Waals surface area contributed by atoms with Gasteiger partial charge >= 0.3 is 0 Å². The number of hydrogen-bond acceptors (Lipinski definition) is 1. The fourth-order valence-electron chi connectivity index (χ4n) is 2.21. The fourth-order valence-corrected chi connectivity index (χ4v) is 2.21. The maximum Gasteiger partial charge on any atom is 0.123 e. The van der Waals surface area contributed by atoms with Gasteiger partial charge in [0.2, 0.25) is 0 Å². The van der Waals surface area contributed by atoms with Gasteiger partial charge in [-0.3, -0.25) is 0 Å². The lowest BCUT2D eigenvalue weighted by Gasteiger charge is -2.27. The average Bonchev–Trinajstić information content (AvgIpc) is 2.20. The first kappa shape index (κ1) is 9.66. The summed E-state index contributed by atoms with van der Waals surface area (Å²) in [6.45, 7) is 0. The van der Waals surface area contributed by atoms with Crippen LogP contribution in [0.1, 0.15) is 37.2 Å². The average molecular weight is 194 g/mol. The number of aliphatic hydroxyl groups is 1.